The fraction of sp³-hybridized carbons (Fsp3) is 0.167. The summed E-state index contributed by atoms with van der Waals surface area (Å²) in [5, 5.41) is 3.26. The van der Waals surface area contributed by atoms with Crippen LogP contribution in [0.1, 0.15) is 5.56 Å². The zero-order chi connectivity index (χ0) is 13.0. The van der Waals surface area contributed by atoms with E-state index in [1.54, 1.807) is 6.07 Å². The van der Waals surface area contributed by atoms with E-state index in [1.165, 1.54) is 18.5 Å². The predicted octanol–water partition coefficient (Wildman–Crippen LogP) is 2.51. The number of nitrogens with two attached hydrogens (primary N) is 1. The van der Waals surface area contributed by atoms with Crippen LogP contribution in [0.3, 0.4) is 0 Å². The number of aromatic nitrogens is 2. The Hall–Kier alpha value is -1.88. The second-order valence-electron chi connectivity index (χ2n) is 3.73. The topological polar surface area (TPSA) is 63.8 Å². The summed E-state index contributed by atoms with van der Waals surface area (Å²) in [5.74, 6) is 0.253. The predicted molar refractivity (Wildman–Crippen MR) is 70.0 cm³/mol. The monoisotopic (exact) mass is 266 g/mol. The fourth-order valence-electron chi connectivity index (χ4n) is 1.53. The summed E-state index contributed by atoms with van der Waals surface area (Å²) in [6, 6.07) is 6.46. The molecule has 0 fully saturated rings. The smallest absolute Gasteiger partial charge is 0.157 e. The lowest BCUT2D eigenvalue weighted by atomic mass is 10.1. The van der Waals surface area contributed by atoms with Crippen molar-refractivity contribution in [2.45, 2.75) is 6.42 Å². The molecule has 18 heavy (non-hydrogen) atoms. The first-order valence-electron chi connectivity index (χ1n) is 5.41. The van der Waals surface area contributed by atoms with Crippen LogP contribution in [0, 0.1) is 5.82 Å². The molecule has 6 heteroatoms. The fourth-order valence-corrected chi connectivity index (χ4v) is 1.67. The van der Waals surface area contributed by atoms with E-state index in [4.69, 9.17) is 17.3 Å². The highest BCUT2D eigenvalue weighted by atomic mass is 35.5. The molecule has 0 aliphatic heterocycles. The van der Waals surface area contributed by atoms with Gasteiger partial charge >= 0.3 is 0 Å². The third-order valence-corrected chi connectivity index (χ3v) is 2.73. The largest absolute Gasteiger partial charge is 0.393 e. The van der Waals surface area contributed by atoms with E-state index in [0.29, 0.717) is 24.5 Å². The molecule has 1 aromatic carbocycles. The Kier molecular flexibility index (Phi) is 3.94. The van der Waals surface area contributed by atoms with Crippen molar-refractivity contribution >= 4 is 23.1 Å². The maximum Gasteiger partial charge on any atom is 0.157 e. The van der Waals surface area contributed by atoms with Gasteiger partial charge in [0, 0.05) is 6.54 Å². The SMILES string of the molecule is Nc1c(Cl)ncnc1NCCc1cccc(F)c1. The van der Waals surface area contributed by atoms with E-state index < -0.39 is 0 Å². The lowest BCUT2D eigenvalue weighted by Crippen LogP contribution is -2.09. The molecule has 0 saturated heterocycles. The minimum Gasteiger partial charge on any atom is -0.393 e. The zero-order valence-corrected chi connectivity index (χ0v) is 10.3. The standard InChI is InChI=1S/C12H12ClFN4/c13-11-10(15)12(18-7-17-11)16-5-4-8-2-1-3-9(14)6-8/h1-3,6-7H,4-5,15H2,(H,16,17,18). The lowest BCUT2D eigenvalue weighted by molar-refractivity contribution is 0.625. The van der Waals surface area contributed by atoms with E-state index in [2.05, 4.69) is 15.3 Å². The normalized spacial score (nSPS) is 10.3. The summed E-state index contributed by atoms with van der Waals surface area (Å²) >= 11 is 5.76. The molecule has 1 heterocycles. The van der Waals surface area contributed by atoms with Crippen LogP contribution in [0.2, 0.25) is 5.15 Å². The van der Waals surface area contributed by atoms with Crippen LogP contribution in [0.15, 0.2) is 30.6 Å². The van der Waals surface area contributed by atoms with Crippen LogP contribution in [0.25, 0.3) is 0 Å². The summed E-state index contributed by atoms with van der Waals surface area (Å²) in [6.45, 7) is 0.584. The van der Waals surface area contributed by atoms with Crippen molar-refractivity contribution in [3.8, 4) is 0 Å². The Morgan fingerprint density at radius 3 is 2.94 bits per heavy atom. The molecule has 2 aromatic rings. The first-order valence-corrected chi connectivity index (χ1v) is 5.79. The summed E-state index contributed by atoms with van der Waals surface area (Å²) in [5.41, 5.74) is 6.93. The minimum absolute atomic E-state index is 0.221. The first kappa shape index (κ1) is 12.6. The molecule has 0 aliphatic carbocycles. The van der Waals surface area contributed by atoms with Gasteiger partial charge in [-0.25, -0.2) is 14.4 Å². The molecule has 0 bridgehead atoms. The number of anilines is 2. The Morgan fingerprint density at radius 1 is 1.33 bits per heavy atom. The van der Waals surface area contributed by atoms with Gasteiger partial charge in [0.1, 0.15) is 17.8 Å². The van der Waals surface area contributed by atoms with Crippen LogP contribution in [-0.4, -0.2) is 16.5 Å². The summed E-state index contributed by atoms with van der Waals surface area (Å²) in [4.78, 5) is 7.74. The molecule has 0 saturated carbocycles. The number of nitrogens with zero attached hydrogens (tertiary/aromatic N) is 2. The van der Waals surface area contributed by atoms with Crippen LogP contribution >= 0.6 is 11.6 Å². The van der Waals surface area contributed by atoms with Gasteiger partial charge in [0.2, 0.25) is 0 Å². The highest BCUT2D eigenvalue weighted by molar-refractivity contribution is 6.32. The molecule has 1 aromatic heterocycles. The van der Waals surface area contributed by atoms with Gasteiger partial charge in [-0.2, -0.15) is 0 Å². The summed E-state index contributed by atoms with van der Waals surface area (Å²) in [7, 11) is 0. The molecular formula is C12H12ClFN4. The number of rotatable bonds is 4. The number of halogens is 2. The van der Waals surface area contributed by atoms with Gasteiger partial charge in [-0.05, 0) is 24.1 Å². The number of hydrogen-bond acceptors (Lipinski definition) is 4. The van der Waals surface area contributed by atoms with Crippen LogP contribution in [0.4, 0.5) is 15.9 Å². The molecule has 0 amide bonds. The van der Waals surface area contributed by atoms with E-state index >= 15 is 0 Å². The van der Waals surface area contributed by atoms with Gasteiger partial charge < -0.3 is 11.1 Å². The molecule has 3 N–H and O–H groups in total. The van der Waals surface area contributed by atoms with Crippen molar-refractivity contribution in [1.29, 1.82) is 0 Å². The average Bonchev–Trinajstić information content (AvgIpc) is 2.35. The van der Waals surface area contributed by atoms with Gasteiger partial charge in [0.25, 0.3) is 0 Å². The Bertz CT molecular complexity index is 547. The number of hydrogen-bond donors (Lipinski definition) is 2. The molecular weight excluding hydrogens is 255 g/mol. The molecule has 94 valence electrons. The molecule has 0 atom stereocenters. The Balaban J connectivity index is 1.94. The molecule has 2 rings (SSSR count). The lowest BCUT2D eigenvalue weighted by Gasteiger charge is -2.08. The van der Waals surface area contributed by atoms with Crippen molar-refractivity contribution in [3.05, 3.63) is 47.1 Å². The van der Waals surface area contributed by atoms with Gasteiger partial charge in [-0.3, -0.25) is 0 Å². The van der Waals surface area contributed by atoms with Crippen LogP contribution in [0.5, 0.6) is 0 Å². The summed E-state index contributed by atoms with van der Waals surface area (Å²) in [6.07, 6.45) is 2.00. The first-order chi connectivity index (χ1) is 8.66. The maximum atomic E-state index is 13.0. The molecule has 0 aliphatic rings. The number of nitrogens with one attached hydrogen (secondary N) is 1. The highest BCUT2D eigenvalue weighted by Crippen LogP contribution is 2.21. The Morgan fingerprint density at radius 2 is 2.17 bits per heavy atom. The van der Waals surface area contributed by atoms with Gasteiger partial charge in [-0.15, -0.1) is 0 Å². The second-order valence-corrected chi connectivity index (χ2v) is 4.09. The van der Waals surface area contributed by atoms with E-state index in [0.717, 1.165) is 5.56 Å². The average molecular weight is 267 g/mol. The summed E-state index contributed by atoms with van der Waals surface area (Å²) < 4.78 is 13.0. The molecule has 0 radical (unpaired) electrons. The maximum absolute atomic E-state index is 13.0. The molecule has 0 spiro atoms. The van der Waals surface area contributed by atoms with Crippen LogP contribution < -0.4 is 11.1 Å². The van der Waals surface area contributed by atoms with E-state index in [1.807, 2.05) is 6.07 Å². The van der Waals surface area contributed by atoms with Crippen molar-refractivity contribution in [2.24, 2.45) is 0 Å². The number of benzene rings is 1. The van der Waals surface area contributed by atoms with E-state index in [-0.39, 0.29) is 11.0 Å². The van der Waals surface area contributed by atoms with Crippen molar-refractivity contribution in [1.82, 2.24) is 9.97 Å². The highest BCUT2D eigenvalue weighted by Gasteiger charge is 2.05. The third-order valence-electron chi connectivity index (χ3n) is 2.43. The van der Waals surface area contributed by atoms with Crippen molar-refractivity contribution in [3.63, 3.8) is 0 Å². The quantitative estimate of drug-likeness (QED) is 0.835. The second kappa shape index (κ2) is 5.64. The molecule has 4 nitrogen and oxygen atoms in total. The van der Waals surface area contributed by atoms with Crippen LogP contribution in [-0.2, 0) is 6.42 Å². The minimum atomic E-state index is -0.239. The van der Waals surface area contributed by atoms with Gasteiger partial charge in [0.15, 0.2) is 11.0 Å². The number of nitrogen functional groups attached to an aromatic ring is 1. The molecule has 0 unspecified atom stereocenters. The van der Waals surface area contributed by atoms with Crippen molar-refractivity contribution in [2.75, 3.05) is 17.6 Å². The van der Waals surface area contributed by atoms with Crippen molar-refractivity contribution < 1.29 is 4.39 Å². The van der Waals surface area contributed by atoms with Gasteiger partial charge in [-0.1, -0.05) is 23.7 Å². The Labute approximate surface area is 109 Å². The third kappa shape index (κ3) is 3.07. The van der Waals surface area contributed by atoms with E-state index in [9.17, 15) is 4.39 Å². The van der Waals surface area contributed by atoms with Gasteiger partial charge in [0.05, 0.1) is 0 Å². The zero-order valence-electron chi connectivity index (χ0n) is 9.53.